The van der Waals surface area contributed by atoms with Crippen LogP contribution in [0, 0.1) is 0 Å². The highest BCUT2D eigenvalue weighted by Gasteiger charge is 2.44. The van der Waals surface area contributed by atoms with Crippen molar-refractivity contribution >= 4 is 11.0 Å². The number of ether oxygens (including phenoxy) is 3. The molecule has 0 bridgehead atoms. The van der Waals surface area contributed by atoms with Gasteiger partial charge in [-0.1, -0.05) is 12.1 Å². The van der Waals surface area contributed by atoms with E-state index in [2.05, 4.69) is 0 Å². The number of phenols is 1. The van der Waals surface area contributed by atoms with Gasteiger partial charge in [-0.25, -0.2) is 0 Å². The Morgan fingerprint density at radius 1 is 1.00 bits per heavy atom. The Balaban J connectivity index is 1.59. The van der Waals surface area contributed by atoms with E-state index in [1.165, 1.54) is 37.6 Å². The smallest absolute Gasteiger partial charge is 0.229 e. The molecule has 0 amide bonds. The van der Waals surface area contributed by atoms with Gasteiger partial charge in [-0.15, -0.1) is 0 Å². The van der Waals surface area contributed by atoms with Crippen LogP contribution >= 0.6 is 0 Å². The number of rotatable bonds is 5. The average Bonchev–Trinajstić information content (AvgIpc) is 2.80. The van der Waals surface area contributed by atoms with Crippen molar-refractivity contribution in [2.24, 2.45) is 0 Å². The highest BCUT2D eigenvalue weighted by atomic mass is 16.7. The Bertz CT molecular complexity index is 1150. The van der Waals surface area contributed by atoms with Crippen LogP contribution in [0.3, 0.4) is 0 Å². The maximum Gasteiger partial charge on any atom is 0.229 e. The Morgan fingerprint density at radius 2 is 1.72 bits per heavy atom. The molecule has 10 nitrogen and oxygen atoms in total. The van der Waals surface area contributed by atoms with E-state index in [0.29, 0.717) is 11.3 Å². The van der Waals surface area contributed by atoms with Gasteiger partial charge in [0.25, 0.3) is 0 Å². The summed E-state index contributed by atoms with van der Waals surface area (Å²) >= 11 is 0. The number of aliphatic hydroxyl groups excluding tert-OH is 4. The fourth-order valence-corrected chi connectivity index (χ4v) is 3.54. The molecule has 2 heterocycles. The summed E-state index contributed by atoms with van der Waals surface area (Å²) in [5, 5.41) is 49.3. The Kier molecular flexibility index (Phi) is 6.04. The monoisotopic (exact) mass is 446 g/mol. The molecule has 1 saturated heterocycles. The third-order valence-corrected chi connectivity index (χ3v) is 5.33. The minimum Gasteiger partial charge on any atom is -0.507 e. The van der Waals surface area contributed by atoms with Crippen LogP contribution in [-0.4, -0.2) is 70.0 Å². The third-order valence-electron chi connectivity index (χ3n) is 5.33. The predicted molar refractivity (Wildman–Crippen MR) is 111 cm³/mol. The lowest BCUT2D eigenvalue weighted by atomic mass is 9.99. The van der Waals surface area contributed by atoms with Crippen molar-refractivity contribution in [2.45, 2.75) is 30.7 Å². The molecule has 1 aliphatic rings. The van der Waals surface area contributed by atoms with Gasteiger partial charge in [-0.2, -0.15) is 0 Å². The molecule has 2 aromatic carbocycles. The second-order valence-electron chi connectivity index (χ2n) is 7.34. The van der Waals surface area contributed by atoms with E-state index in [0.717, 1.165) is 0 Å². The summed E-state index contributed by atoms with van der Waals surface area (Å²) in [5.74, 6) is 0.328. The number of aliphatic hydroxyl groups is 4. The van der Waals surface area contributed by atoms with Gasteiger partial charge in [0.05, 0.1) is 19.3 Å². The van der Waals surface area contributed by atoms with Crippen LogP contribution < -0.4 is 14.9 Å². The molecule has 3 aromatic rings. The van der Waals surface area contributed by atoms with Crippen molar-refractivity contribution in [3.63, 3.8) is 0 Å². The van der Waals surface area contributed by atoms with Crippen molar-refractivity contribution in [1.82, 2.24) is 0 Å². The van der Waals surface area contributed by atoms with Crippen molar-refractivity contribution in [1.29, 1.82) is 0 Å². The molecule has 1 fully saturated rings. The zero-order chi connectivity index (χ0) is 23.0. The molecule has 32 heavy (non-hydrogen) atoms. The molecular formula is C22H22O10. The van der Waals surface area contributed by atoms with Crippen LogP contribution in [0.4, 0.5) is 0 Å². The SMILES string of the molecule is COc1cc(O)c2c(=O)c(-c3ccc(O[C@H]4O[C@H](CO)[C@@H](O)[C@H](O)[C@H]4O)cc3)coc2c1. The van der Waals surface area contributed by atoms with Crippen LogP contribution in [0.5, 0.6) is 17.2 Å². The zero-order valence-electron chi connectivity index (χ0n) is 16.9. The normalized spacial score (nSPS) is 25.6. The van der Waals surface area contributed by atoms with Gasteiger partial charge in [0.1, 0.15) is 58.9 Å². The first kappa shape index (κ1) is 22.1. The molecule has 1 aliphatic heterocycles. The molecule has 0 radical (unpaired) electrons. The summed E-state index contributed by atoms with van der Waals surface area (Å²) in [6.45, 7) is -0.569. The zero-order valence-corrected chi connectivity index (χ0v) is 16.9. The number of hydrogen-bond donors (Lipinski definition) is 5. The second-order valence-corrected chi connectivity index (χ2v) is 7.34. The topological polar surface area (TPSA) is 159 Å². The number of methoxy groups -OCH3 is 1. The first-order valence-electron chi connectivity index (χ1n) is 9.74. The Labute approximate surface area is 181 Å². The van der Waals surface area contributed by atoms with Crippen molar-refractivity contribution in [3.05, 3.63) is 52.9 Å². The van der Waals surface area contributed by atoms with Crippen LogP contribution in [0.25, 0.3) is 22.1 Å². The summed E-state index contributed by atoms with van der Waals surface area (Å²) < 4.78 is 21.4. The Hall–Kier alpha value is -3.15. The number of hydrogen-bond acceptors (Lipinski definition) is 10. The van der Waals surface area contributed by atoms with E-state index in [4.69, 9.17) is 18.6 Å². The van der Waals surface area contributed by atoms with E-state index in [-0.39, 0.29) is 28.0 Å². The molecule has 10 heteroatoms. The number of fused-ring (bicyclic) bond motifs is 1. The van der Waals surface area contributed by atoms with Gasteiger partial charge >= 0.3 is 0 Å². The minimum atomic E-state index is -1.56. The lowest BCUT2D eigenvalue weighted by Gasteiger charge is -2.39. The van der Waals surface area contributed by atoms with Crippen LogP contribution in [0.15, 0.2) is 51.9 Å². The van der Waals surface area contributed by atoms with Crippen molar-refractivity contribution < 1.29 is 44.2 Å². The lowest BCUT2D eigenvalue weighted by molar-refractivity contribution is -0.277. The molecule has 170 valence electrons. The molecule has 0 spiro atoms. The van der Waals surface area contributed by atoms with Crippen molar-refractivity contribution in [3.8, 4) is 28.4 Å². The van der Waals surface area contributed by atoms with Gasteiger partial charge in [-0.05, 0) is 17.7 Å². The summed E-state index contributed by atoms with van der Waals surface area (Å²) in [7, 11) is 1.43. The summed E-state index contributed by atoms with van der Waals surface area (Å²) in [6.07, 6.45) is -5.73. The average molecular weight is 446 g/mol. The van der Waals surface area contributed by atoms with E-state index in [1.807, 2.05) is 0 Å². The van der Waals surface area contributed by atoms with Gasteiger partial charge in [0.2, 0.25) is 11.7 Å². The van der Waals surface area contributed by atoms with Gasteiger partial charge in [0.15, 0.2) is 0 Å². The van der Waals surface area contributed by atoms with Gasteiger partial charge in [-0.3, -0.25) is 4.79 Å². The van der Waals surface area contributed by atoms with Crippen LogP contribution in [0.2, 0.25) is 0 Å². The highest BCUT2D eigenvalue weighted by Crippen LogP contribution is 2.31. The minimum absolute atomic E-state index is 0.0185. The number of aromatic hydroxyl groups is 1. The number of benzene rings is 2. The predicted octanol–water partition coefficient (Wildman–Crippen LogP) is 0.353. The number of phenolic OH excluding ortho intramolecular Hbond substituents is 1. The standard InChI is InChI=1S/C22H22O10/c1-29-12-6-14(24)17-15(7-12)30-9-13(18(17)25)10-2-4-11(5-3-10)31-22-21(28)20(27)19(26)16(8-23)32-22/h2-7,9,16,19-24,26-28H,8H2,1H3/t16-,19-,20+,21-,22+/m1/s1. The molecule has 1 aromatic heterocycles. The molecule has 5 atom stereocenters. The molecule has 0 aliphatic carbocycles. The third kappa shape index (κ3) is 3.90. The first-order chi connectivity index (χ1) is 15.3. The fourth-order valence-electron chi connectivity index (χ4n) is 3.54. The lowest BCUT2D eigenvalue weighted by Crippen LogP contribution is -2.60. The van der Waals surface area contributed by atoms with E-state index in [1.54, 1.807) is 12.1 Å². The summed E-state index contributed by atoms with van der Waals surface area (Å²) in [5.41, 5.74) is 0.432. The Morgan fingerprint density at radius 3 is 2.38 bits per heavy atom. The highest BCUT2D eigenvalue weighted by molar-refractivity contribution is 5.88. The molecule has 0 unspecified atom stereocenters. The van der Waals surface area contributed by atoms with E-state index >= 15 is 0 Å². The molecule has 5 N–H and O–H groups in total. The van der Waals surface area contributed by atoms with E-state index < -0.39 is 42.7 Å². The summed E-state index contributed by atoms with van der Waals surface area (Å²) in [4.78, 5) is 12.9. The van der Waals surface area contributed by atoms with Crippen molar-refractivity contribution in [2.75, 3.05) is 13.7 Å². The largest absolute Gasteiger partial charge is 0.507 e. The second kappa shape index (κ2) is 8.77. The van der Waals surface area contributed by atoms with Crippen LogP contribution in [0.1, 0.15) is 0 Å². The van der Waals surface area contributed by atoms with Gasteiger partial charge in [0, 0.05) is 12.1 Å². The molecule has 4 rings (SSSR count). The molecular weight excluding hydrogens is 424 g/mol. The summed E-state index contributed by atoms with van der Waals surface area (Å²) in [6, 6.07) is 8.97. The fraction of sp³-hybridized carbons (Fsp3) is 0.318. The quantitative estimate of drug-likeness (QED) is 0.370. The maximum absolute atomic E-state index is 12.9. The van der Waals surface area contributed by atoms with Gasteiger partial charge < -0.3 is 44.2 Å². The molecule has 0 saturated carbocycles. The van der Waals surface area contributed by atoms with E-state index in [9.17, 15) is 30.3 Å². The first-order valence-corrected chi connectivity index (χ1v) is 9.74. The maximum atomic E-state index is 12.9. The van der Waals surface area contributed by atoms with Crippen LogP contribution in [-0.2, 0) is 4.74 Å².